The first kappa shape index (κ1) is 20.1. The summed E-state index contributed by atoms with van der Waals surface area (Å²) in [6.45, 7) is 1.41. The molecule has 0 bridgehead atoms. The smallest absolute Gasteiger partial charge is 0.273 e. The third kappa shape index (κ3) is 4.92. The molecule has 0 spiro atoms. The van der Waals surface area contributed by atoms with Crippen LogP contribution in [0.15, 0.2) is 54.2 Å². The van der Waals surface area contributed by atoms with Crippen LogP contribution in [0.5, 0.6) is 5.75 Å². The number of amides is 1. The van der Waals surface area contributed by atoms with Crippen molar-refractivity contribution in [3.8, 4) is 11.8 Å². The Kier molecular flexibility index (Phi) is 6.44. The lowest BCUT2D eigenvalue weighted by molar-refractivity contribution is -0.384. The molecule has 2 rings (SSSR count). The van der Waals surface area contributed by atoms with Gasteiger partial charge in [-0.2, -0.15) is 5.26 Å². The fourth-order valence-electron chi connectivity index (χ4n) is 2.23. The Bertz CT molecular complexity index is 1010. The van der Waals surface area contributed by atoms with E-state index in [1.165, 1.54) is 38.3 Å². The van der Waals surface area contributed by atoms with Gasteiger partial charge in [-0.05, 0) is 25.1 Å². The third-order valence-corrected chi connectivity index (χ3v) is 3.66. The number of ether oxygens (including phenoxy) is 1. The van der Waals surface area contributed by atoms with Crippen LogP contribution in [0.2, 0.25) is 0 Å². The van der Waals surface area contributed by atoms with E-state index in [-0.39, 0.29) is 22.8 Å². The van der Waals surface area contributed by atoms with E-state index in [9.17, 15) is 25.0 Å². The van der Waals surface area contributed by atoms with E-state index in [1.54, 1.807) is 24.3 Å². The number of carbonyl (C=O) groups is 2. The fraction of sp³-hybridized carbons (Fsp3) is 0.105. The van der Waals surface area contributed by atoms with Gasteiger partial charge >= 0.3 is 0 Å². The summed E-state index contributed by atoms with van der Waals surface area (Å²) in [6, 6.07) is 12.0. The van der Waals surface area contributed by atoms with Crippen LogP contribution in [-0.2, 0) is 4.79 Å². The summed E-state index contributed by atoms with van der Waals surface area (Å²) < 4.78 is 5.08. The summed E-state index contributed by atoms with van der Waals surface area (Å²) in [5.41, 5.74) is 0.733. The highest BCUT2D eigenvalue weighted by atomic mass is 16.6. The van der Waals surface area contributed by atoms with E-state index in [0.29, 0.717) is 16.9 Å². The van der Waals surface area contributed by atoms with Gasteiger partial charge in [0.05, 0.1) is 23.8 Å². The van der Waals surface area contributed by atoms with E-state index in [4.69, 9.17) is 4.74 Å². The number of Topliss-reactive ketones (excluding diaryl/α,β-unsaturated/α-hetero) is 1. The minimum Gasteiger partial charge on any atom is -0.494 e. The molecule has 0 radical (unpaired) electrons. The van der Waals surface area contributed by atoms with Crippen LogP contribution in [-0.4, -0.2) is 23.7 Å². The van der Waals surface area contributed by atoms with Gasteiger partial charge in [0.25, 0.3) is 11.6 Å². The molecule has 0 fully saturated rings. The van der Waals surface area contributed by atoms with Crippen molar-refractivity contribution in [1.29, 1.82) is 5.26 Å². The largest absolute Gasteiger partial charge is 0.494 e. The van der Waals surface area contributed by atoms with Crippen LogP contribution in [0, 0.1) is 21.4 Å². The number of ketones is 1. The Morgan fingerprint density at radius 1 is 1.25 bits per heavy atom. The highest BCUT2D eigenvalue weighted by molar-refractivity contribution is 6.07. The zero-order valence-electron chi connectivity index (χ0n) is 15.1. The van der Waals surface area contributed by atoms with Gasteiger partial charge in [0.2, 0.25) is 0 Å². The predicted molar refractivity (Wildman–Crippen MR) is 102 cm³/mol. The van der Waals surface area contributed by atoms with Gasteiger partial charge in [0, 0.05) is 23.5 Å². The number of benzene rings is 2. The number of nitrogens with zero attached hydrogens (tertiary/aromatic N) is 2. The molecule has 142 valence electrons. The molecule has 0 aliphatic heterocycles. The van der Waals surface area contributed by atoms with E-state index in [1.807, 2.05) is 0 Å². The Morgan fingerprint density at radius 3 is 2.61 bits per heavy atom. The van der Waals surface area contributed by atoms with Crippen LogP contribution >= 0.6 is 0 Å². The molecule has 0 atom stereocenters. The first-order chi connectivity index (χ1) is 13.3. The topological polar surface area (TPSA) is 134 Å². The van der Waals surface area contributed by atoms with Crippen molar-refractivity contribution in [1.82, 2.24) is 0 Å². The minimum atomic E-state index is -0.684. The molecule has 0 saturated heterocycles. The Balaban J connectivity index is 2.19. The van der Waals surface area contributed by atoms with Crippen LogP contribution in [0.25, 0.3) is 0 Å². The van der Waals surface area contributed by atoms with E-state index < -0.39 is 10.8 Å². The second-order valence-corrected chi connectivity index (χ2v) is 5.55. The Morgan fingerprint density at radius 2 is 2.00 bits per heavy atom. The van der Waals surface area contributed by atoms with Crippen LogP contribution in [0.3, 0.4) is 0 Å². The van der Waals surface area contributed by atoms with E-state index >= 15 is 0 Å². The number of carbonyl (C=O) groups excluding carboxylic acids is 2. The number of rotatable bonds is 7. The number of nitro groups is 1. The zero-order valence-corrected chi connectivity index (χ0v) is 15.1. The molecule has 9 nitrogen and oxygen atoms in total. The summed E-state index contributed by atoms with van der Waals surface area (Å²) in [6.07, 6.45) is 1.16. The molecule has 0 unspecified atom stereocenters. The van der Waals surface area contributed by atoms with E-state index in [0.717, 1.165) is 6.20 Å². The molecule has 0 aliphatic carbocycles. The molecule has 0 heterocycles. The highest BCUT2D eigenvalue weighted by Gasteiger charge is 2.13. The molecule has 28 heavy (non-hydrogen) atoms. The molecule has 9 heteroatoms. The second kappa shape index (κ2) is 8.95. The van der Waals surface area contributed by atoms with Crippen LogP contribution < -0.4 is 15.4 Å². The highest BCUT2D eigenvalue weighted by Crippen LogP contribution is 2.29. The standard InChI is InChI=1S/C19H16N4O5/c1-12(24)13-4-3-5-15(8-13)22-19(25)14(10-20)11-21-17-7-6-16(23(26)27)9-18(17)28-2/h3-9,11,21H,1-2H3,(H,22,25)/b14-11-. The molecule has 2 aromatic rings. The van der Waals surface area contributed by atoms with Crippen molar-refractivity contribution in [2.75, 3.05) is 17.7 Å². The van der Waals surface area contributed by atoms with Crippen molar-refractivity contribution in [3.05, 3.63) is 69.9 Å². The molecule has 0 aliphatic rings. The molecule has 2 N–H and O–H groups in total. The van der Waals surface area contributed by atoms with Gasteiger partial charge in [-0.3, -0.25) is 19.7 Å². The summed E-state index contributed by atoms with van der Waals surface area (Å²) in [7, 11) is 1.34. The van der Waals surface area contributed by atoms with Crippen molar-refractivity contribution >= 4 is 28.8 Å². The van der Waals surface area contributed by atoms with Crippen LogP contribution in [0.4, 0.5) is 17.1 Å². The van der Waals surface area contributed by atoms with E-state index in [2.05, 4.69) is 10.6 Å². The van der Waals surface area contributed by atoms with Gasteiger partial charge in [-0.1, -0.05) is 12.1 Å². The molecule has 1 amide bonds. The zero-order chi connectivity index (χ0) is 20.7. The minimum absolute atomic E-state index is 0.154. The number of nitriles is 1. The number of methoxy groups -OCH3 is 1. The Hall–Kier alpha value is -4.19. The van der Waals surface area contributed by atoms with Gasteiger partial charge < -0.3 is 15.4 Å². The normalized spacial score (nSPS) is 10.5. The molecule has 0 saturated carbocycles. The summed E-state index contributed by atoms with van der Waals surface area (Å²) in [4.78, 5) is 34.0. The maximum atomic E-state index is 12.3. The lowest BCUT2D eigenvalue weighted by atomic mass is 10.1. The average Bonchev–Trinajstić information content (AvgIpc) is 2.68. The second-order valence-electron chi connectivity index (χ2n) is 5.55. The van der Waals surface area contributed by atoms with Crippen molar-refractivity contribution in [2.24, 2.45) is 0 Å². The van der Waals surface area contributed by atoms with Gasteiger partial charge in [0.15, 0.2) is 5.78 Å². The van der Waals surface area contributed by atoms with Crippen molar-refractivity contribution in [2.45, 2.75) is 6.92 Å². The predicted octanol–water partition coefficient (Wildman–Crippen LogP) is 3.26. The first-order valence-corrected chi connectivity index (χ1v) is 7.97. The first-order valence-electron chi connectivity index (χ1n) is 7.97. The van der Waals surface area contributed by atoms with Gasteiger partial charge in [-0.15, -0.1) is 0 Å². The lowest BCUT2D eigenvalue weighted by Crippen LogP contribution is -2.15. The molecular weight excluding hydrogens is 364 g/mol. The van der Waals surface area contributed by atoms with Crippen molar-refractivity contribution in [3.63, 3.8) is 0 Å². The number of anilines is 2. The quantitative estimate of drug-likeness (QED) is 0.247. The monoisotopic (exact) mass is 380 g/mol. The maximum Gasteiger partial charge on any atom is 0.273 e. The maximum absolute atomic E-state index is 12.3. The number of hydrogen-bond donors (Lipinski definition) is 2. The van der Waals surface area contributed by atoms with Gasteiger partial charge in [-0.25, -0.2) is 0 Å². The summed E-state index contributed by atoms with van der Waals surface area (Å²) >= 11 is 0. The number of non-ortho nitro benzene ring substituents is 1. The molecule has 2 aromatic carbocycles. The Labute approximate surface area is 160 Å². The molecular formula is C19H16N4O5. The summed E-state index contributed by atoms with van der Waals surface area (Å²) in [5.74, 6) is -0.659. The molecule has 0 aromatic heterocycles. The SMILES string of the molecule is COc1cc([N+](=O)[O-])ccc1N/C=C(/C#N)C(=O)Nc1cccc(C(C)=O)c1. The summed E-state index contributed by atoms with van der Waals surface area (Å²) in [5, 5.41) is 25.3. The fourth-order valence-corrected chi connectivity index (χ4v) is 2.23. The van der Waals surface area contributed by atoms with Gasteiger partial charge in [0.1, 0.15) is 17.4 Å². The number of hydrogen-bond acceptors (Lipinski definition) is 7. The van der Waals surface area contributed by atoms with Crippen LogP contribution in [0.1, 0.15) is 17.3 Å². The lowest BCUT2D eigenvalue weighted by Gasteiger charge is -2.09. The third-order valence-electron chi connectivity index (χ3n) is 3.66. The number of nitro benzene ring substituents is 1. The number of nitrogens with one attached hydrogen (secondary N) is 2. The average molecular weight is 380 g/mol. The van der Waals surface area contributed by atoms with Crippen molar-refractivity contribution < 1.29 is 19.2 Å².